The quantitative estimate of drug-likeness (QED) is 0.211. The molecule has 1 unspecified atom stereocenters. The van der Waals surface area contributed by atoms with Crippen molar-refractivity contribution in [1.82, 2.24) is 0 Å². The zero-order valence-corrected chi connectivity index (χ0v) is 27.2. The Hall–Kier alpha value is -1.41. The van der Waals surface area contributed by atoms with Gasteiger partial charge < -0.3 is 24.8 Å². The Morgan fingerprint density at radius 3 is 2.24 bits per heavy atom. The smallest absolute Gasteiger partial charge is 1.00 e. The van der Waals surface area contributed by atoms with Crippen molar-refractivity contribution in [2.75, 3.05) is 0 Å². The van der Waals surface area contributed by atoms with Crippen molar-refractivity contribution < 1.29 is 51.0 Å². The van der Waals surface area contributed by atoms with Crippen LogP contribution in [0, 0.1) is 6.07 Å². The van der Waals surface area contributed by atoms with Crippen molar-refractivity contribution in [3.63, 3.8) is 0 Å². The molecule has 1 atom stereocenters. The van der Waals surface area contributed by atoms with Gasteiger partial charge in [-0.05, 0) is 58.4 Å². The van der Waals surface area contributed by atoms with Crippen LogP contribution in [-0.4, -0.2) is 9.52 Å². The van der Waals surface area contributed by atoms with E-state index in [4.69, 9.17) is 11.6 Å². The van der Waals surface area contributed by atoms with E-state index in [1.54, 1.807) is 0 Å². The fourth-order valence-electron chi connectivity index (χ4n) is 5.37. The van der Waals surface area contributed by atoms with Crippen molar-refractivity contribution in [2.45, 2.75) is 38.8 Å². The van der Waals surface area contributed by atoms with Crippen LogP contribution in [0.4, 0.5) is 0 Å². The molecule has 186 valence electrons. The number of rotatable bonds is 3. The molecule has 2 aliphatic rings. The van der Waals surface area contributed by atoms with E-state index in [1.165, 1.54) is 55.6 Å². The second kappa shape index (κ2) is 14.1. The Balaban J connectivity index is 0.000000767. The molecule has 37 heavy (non-hydrogen) atoms. The summed E-state index contributed by atoms with van der Waals surface area (Å²) in [6.45, 7) is 6.69. The molecule has 6 rings (SSSR count). The van der Waals surface area contributed by atoms with Crippen LogP contribution in [0.25, 0.3) is 28.3 Å². The van der Waals surface area contributed by atoms with Crippen molar-refractivity contribution in [3.8, 4) is 22.3 Å². The van der Waals surface area contributed by atoms with Gasteiger partial charge in [-0.25, -0.2) is 0 Å². The van der Waals surface area contributed by atoms with Crippen LogP contribution < -0.4 is 24.8 Å². The molecule has 0 heterocycles. The second-order valence-corrected chi connectivity index (χ2v) is 10.6. The monoisotopic (exact) mass is 636 g/mol. The maximum Gasteiger partial charge on any atom is 3.00 e. The molecule has 2 radical (unpaired) electrons. The van der Waals surface area contributed by atoms with Crippen LogP contribution in [0.15, 0.2) is 84.4 Å². The minimum absolute atomic E-state index is 0. The molecule has 0 amide bonds. The first-order valence-corrected chi connectivity index (χ1v) is 14.8. The molecule has 4 aromatic carbocycles. The van der Waals surface area contributed by atoms with Gasteiger partial charge in [0, 0.05) is 20.5 Å². The van der Waals surface area contributed by atoms with Gasteiger partial charge in [-0.2, -0.15) is 18.2 Å². The van der Waals surface area contributed by atoms with Crippen molar-refractivity contribution in [2.24, 2.45) is 0 Å². The molecule has 0 aliphatic heterocycles. The van der Waals surface area contributed by atoms with E-state index in [1.807, 2.05) is 12.1 Å². The summed E-state index contributed by atoms with van der Waals surface area (Å²) in [4.78, 5) is 0. The van der Waals surface area contributed by atoms with Crippen molar-refractivity contribution >= 4 is 27.2 Å². The maximum atomic E-state index is 6.14. The molecule has 0 saturated heterocycles. The topological polar surface area (TPSA) is 0 Å². The Kier molecular flexibility index (Phi) is 12.1. The average Bonchev–Trinajstić information content (AvgIpc) is 3.43. The van der Waals surface area contributed by atoms with E-state index in [9.17, 15) is 0 Å². The van der Waals surface area contributed by atoms with Gasteiger partial charge in [0.25, 0.3) is 0 Å². The van der Waals surface area contributed by atoms with E-state index in [-0.39, 0.29) is 56.9 Å². The first kappa shape index (κ1) is 31.8. The molecule has 0 aromatic heterocycles. The third-order valence-corrected chi connectivity index (χ3v) is 7.07. The van der Waals surface area contributed by atoms with Gasteiger partial charge in [0.1, 0.15) is 0 Å². The Bertz CT molecular complexity index is 1380. The van der Waals surface area contributed by atoms with E-state index in [2.05, 4.69) is 98.9 Å². The third kappa shape index (κ3) is 6.10. The van der Waals surface area contributed by atoms with Gasteiger partial charge in [-0.3, -0.25) is 0 Å². The SMILES string of the molecule is CCC1=Cc2c(-c3ccc(Cl)cc3)cccc2C1c1[c-]ccc2c1Cc1ccccc1-2.C[SiH]C.[Cl-].[Cl-].[Zr+3]. The first-order chi connectivity index (χ1) is 16.7. The van der Waals surface area contributed by atoms with E-state index in [0.29, 0.717) is 0 Å². The van der Waals surface area contributed by atoms with E-state index in [0.717, 1.165) is 27.4 Å². The Labute approximate surface area is 260 Å². The summed E-state index contributed by atoms with van der Waals surface area (Å²) in [5.74, 6) is 0.275. The largest absolute Gasteiger partial charge is 3.00 e. The summed E-state index contributed by atoms with van der Waals surface area (Å²) >= 11 is 6.14. The molecule has 0 nitrogen and oxygen atoms in total. The van der Waals surface area contributed by atoms with Gasteiger partial charge in [0.2, 0.25) is 0 Å². The molecule has 5 heteroatoms. The van der Waals surface area contributed by atoms with Gasteiger partial charge in [0.15, 0.2) is 0 Å². The van der Waals surface area contributed by atoms with Crippen molar-refractivity contribution in [1.29, 1.82) is 0 Å². The second-order valence-electron chi connectivity index (χ2n) is 9.02. The molecular formula is C32H29Cl3SiZr. The van der Waals surface area contributed by atoms with Gasteiger partial charge >= 0.3 is 26.2 Å². The van der Waals surface area contributed by atoms with Gasteiger partial charge in [-0.15, -0.1) is 16.7 Å². The number of hydrogen-bond acceptors (Lipinski definition) is 0. The summed E-state index contributed by atoms with van der Waals surface area (Å²) in [6, 6.07) is 31.7. The molecule has 2 aliphatic carbocycles. The van der Waals surface area contributed by atoms with Gasteiger partial charge in [-0.1, -0.05) is 97.9 Å². The molecular weight excluding hydrogens is 610 g/mol. The number of fused-ring (bicyclic) bond motifs is 4. The van der Waals surface area contributed by atoms with Crippen LogP contribution in [-0.2, 0) is 32.6 Å². The normalized spacial score (nSPS) is 13.8. The van der Waals surface area contributed by atoms with Crippen LogP contribution in [0.2, 0.25) is 18.1 Å². The predicted octanol–water partition coefficient (Wildman–Crippen LogP) is 2.84. The molecule has 0 N–H and O–H groups in total. The molecule has 0 spiro atoms. The molecule has 0 fully saturated rings. The van der Waals surface area contributed by atoms with Gasteiger partial charge in [0.05, 0.1) is 0 Å². The molecule has 0 bridgehead atoms. The van der Waals surface area contributed by atoms with Crippen LogP contribution in [0.1, 0.15) is 47.1 Å². The van der Waals surface area contributed by atoms with E-state index < -0.39 is 0 Å². The number of halogens is 3. The summed E-state index contributed by atoms with van der Waals surface area (Å²) in [7, 11) is 0.750. The fraction of sp³-hybridized carbons (Fsp3) is 0.188. The minimum atomic E-state index is 0. The Morgan fingerprint density at radius 1 is 0.865 bits per heavy atom. The Morgan fingerprint density at radius 2 is 1.54 bits per heavy atom. The zero-order chi connectivity index (χ0) is 23.7. The summed E-state index contributed by atoms with van der Waals surface area (Å²) in [5, 5.41) is 0.771. The van der Waals surface area contributed by atoms with Crippen molar-refractivity contribution in [3.05, 3.63) is 123 Å². The first-order valence-electron chi connectivity index (χ1n) is 12.1. The summed E-state index contributed by atoms with van der Waals surface area (Å²) in [5.41, 5.74) is 13.7. The van der Waals surface area contributed by atoms with Crippen LogP contribution >= 0.6 is 11.6 Å². The summed E-state index contributed by atoms with van der Waals surface area (Å²) < 4.78 is 0. The average molecular weight is 639 g/mol. The minimum Gasteiger partial charge on any atom is -1.00 e. The van der Waals surface area contributed by atoms with Crippen LogP contribution in [0.3, 0.4) is 0 Å². The number of benzene rings is 4. The van der Waals surface area contributed by atoms with Crippen LogP contribution in [0.5, 0.6) is 0 Å². The standard InChI is InChI=1S/C30H22Cl.C2H7Si.2ClH.Zr/c1-2-19-17-28-23(20-13-15-22(31)16-14-20)9-5-11-26(28)30(19)27-12-6-10-25-24-8-4-3-7-21(24)18-29(25)27;1-3-2;;;/h3-11,13-17,30H,2,18H2,1H3;3H,1-2H3;2*1H;/q-1;;;;+3/p-2. The predicted molar refractivity (Wildman–Crippen MR) is 149 cm³/mol. The number of allylic oxidation sites excluding steroid dienone is 1. The fourth-order valence-corrected chi connectivity index (χ4v) is 5.49. The summed E-state index contributed by atoms with van der Waals surface area (Å²) in [6.07, 6.45) is 4.45. The zero-order valence-electron chi connectivity index (χ0n) is 21.3. The number of hydrogen-bond donors (Lipinski definition) is 0. The third-order valence-electron chi connectivity index (χ3n) is 6.82. The maximum absolute atomic E-state index is 6.14. The molecule has 4 aromatic rings. The molecule has 0 saturated carbocycles. The van der Waals surface area contributed by atoms with E-state index >= 15 is 0 Å².